The number of amides is 2. The first-order valence-electron chi connectivity index (χ1n) is 8.13. The molecule has 2 amide bonds. The Labute approximate surface area is 126 Å². The molecule has 5 heteroatoms. The van der Waals surface area contributed by atoms with Crippen molar-refractivity contribution < 1.29 is 14.3 Å². The molecular weight excluding hydrogens is 268 g/mol. The van der Waals surface area contributed by atoms with Crippen LogP contribution in [0.2, 0.25) is 0 Å². The maximum Gasteiger partial charge on any atom is 0.333 e. The standard InChI is InChI=1S/C16H26N2O3/c1-2-17-16(20)18-13-8-10-14(11-9-13)21-15(19)12-6-4-3-5-7-12/h6,13-14H,2-5,7-11H2,1H3,(H2,17,18,20). The first kappa shape index (κ1) is 15.9. The summed E-state index contributed by atoms with van der Waals surface area (Å²) in [7, 11) is 0. The maximum absolute atomic E-state index is 12.0. The third-order valence-corrected chi connectivity index (χ3v) is 4.17. The van der Waals surface area contributed by atoms with Crippen molar-refractivity contribution in [1.29, 1.82) is 0 Å². The minimum absolute atomic E-state index is 0.00705. The molecule has 21 heavy (non-hydrogen) atoms. The van der Waals surface area contributed by atoms with Crippen molar-refractivity contribution in [3.63, 3.8) is 0 Å². The molecule has 0 radical (unpaired) electrons. The molecule has 0 heterocycles. The second-order valence-electron chi connectivity index (χ2n) is 5.86. The van der Waals surface area contributed by atoms with Gasteiger partial charge in [-0.1, -0.05) is 6.08 Å². The Kier molecular flexibility index (Phi) is 6.08. The van der Waals surface area contributed by atoms with Gasteiger partial charge in [0.25, 0.3) is 0 Å². The molecule has 2 rings (SSSR count). The van der Waals surface area contributed by atoms with Gasteiger partial charge in [0.1, 0.15) is 6.10 Å². The van der Waals surface area contributed by atoms with Crippen molar-refractivity contribution in [1.82, 2.24) is 10.6 Å². The molecule has 0 unspecified atom stereocenters. The molecule has 0 spiro atoms. The molecule has 5 nitrogen and oxygen atoms in total. The van der Waals surface area contributed by atoms with E-state index in [-0.39, 0.29) is 24.1 Å². The van der Waals surface area contributed by atoms with Crippen molar-refractivity contribution >= 4 is 12.0 Å². The van der Waals surface area contributed by atoms with E-state index in [4.69, 9.17) is 4.74 Å². The summed E-state index contributed by atoms with van der Waals surface area (Å²) in [6.07, 6.45) is 9.54. The van der Waals surface area contributed by atoms with E-state index < -0.39 is 0 Å². The summed E-state index contributed by atoms with van der Waals surface area (Å²) in [5.41, 5.74) is 0.851. The highest BCUT2D eigenvalue weighted by atomic mass is 16.5. The number of ether oxygens (including phenoxy) is 1. The lowest BCUT2D eigenvalue weighted by molar-refractivity contribution is -0.146. The Morgan fingerprint density at radius 2 is 2.00 bits per heavy atom. The molecule has 2 aliphatic rings. The van der Waals surface area contributed by atoms with Gasteiger partial charge in [0, 0.05) is 18.2 Å². The minimum Gasteiger partial charge on any atom is -0.459 e. The summed E-state index contributed by atoms with van der Waals surface area (Å²) in [5.74, 6) is -0.130. The largest absolute Gasteiger partial charge is 0.459 e. The number of hydrogen-bond acceptors (Lipinski definition) is 3. The number of hydrogen-bond donors (Lipinski definition) is 2. The Balaban J connectivity index is 1.70. The highest BCUT2D eigenvalue weighted by molar-refractivity contribution is 5.88. The Morgan fingerprint density at radius 3 is 2.62 bits per heavy atom. The van der Waals surface area contributed by atoms with Crippen molar-refractivity contribution in [2.45, 2.75) is 70.4 Å². The number of urea groups is 1. The fourth-order valence-corrected chi connectivity index (χ4v) is 2.97. The van der Waals surface area contributed by atoms with Crippen LogP contribution in [0, 0.1) is 0 Å². The van der Waals surface area contributed by atoms with Crippen LogP contribution < -0.4 is 10.6 Å². The van der Waals surface area contributed by atoms with Crippen molar-refractivity contribution in [3.05, 3.63) is 11.6 Å². The molecular formula is C16H26N2O3. The summed E-state index contributed by atoms with van der Waals surface area (Å²) >= 11 is 0. The van der Waals surface area contributed by atoms with Gasteiger partial charge >= 0.3 is 12.0 Å². The van der Waals surface area contributed by atoms with E-state index in [1.165, 1.54) is 6.42 Å². The van der Waals surface area contributed by atoms with Crippen LogP contribution in [0.25, 0.3) is 0 Å². The molecule has 0 saturated heterocycles. The monoisotopic (exact) mass is 294 g/mol. The van der Waals surface area contributed by atoms with Gasteiger partial charge in [-0.15, -0.1) is 0 Å². The van der Waals surface area contributed by atoms with Gasteiger partial charge < -0.3 is 15.4 Å². The van der Waals surface area contributed by atoms with Gasteiger partial charge in [0.05, 0.1) is 0 Å². The average Bonchev–Trinajstić information content (AvgIpc) is 2.50. The van der Waals surface area contributed by atoms with Gasteiger partial charge in [-0.05, 0) is 58.3 Å². The quantitative estimate of drug-likeness (QED) is 0.783. The zero-order valence-corrected chi connectivity index (χ0v) is 12.8. The van der Waals surface area contributed by atoms with E-state index in [1.54, 1.807) is 0 Å². The first-order chi connectivity index (χ1) is 10.2. The van der Waals surface area contributed by atoms with Gasteiger partial charge in [-0.2, -0.15) is 0 Å². The Bertz CT molecular complexity index is 398. The van der Waals surface area contributed by atoms with Crippen LogP contribution in [0.4, 0.5) is 4.79 Å². The summed E-state index contributed by atoms with van der Waals surface area (Å²) in [5, 5.41) is 5.69. The summed E-state index contributed by atoms with van der Waals surface area (Å²) in [6.45, 7) is 2.53. The third kappa shape index (κ3) is 5.06. The molecule has 2 N–H and O–H groups in total. The van der Waals surface area contributed by atoms with E-state index >= 15 is 0 Å². The van der Waals surface area contributed by atoms with E-state index in [1.807, 2.05) is 13.0 Å². The maximum atomic E-state index is 12.0. The molecule has 2 aliphatic carbocycles. The lowest BCUT2D eigenvalue weighted by atomic mass is 9.93. The van der Waals surface area contributed by atoms with Gasteiger partial charge in [-0.3, -0.25) is 0 Å². The lowest BCUT2D eigenvalue weighted by Gasteiger charge is -2.29. The van der Waals surface area contributed by atoms with Crippen molar-refractivity contribution in [2.24, 2.45) is 0 Å². The van der Waals surface area contributed by atoms with Gasteiger partial charge in [0.2, 0.25) is 0 Å². The highest BCUT2D eigenvalue weighted by Gasteiger charge is 2.26. The van der Waals surface area contributed by atoms with Crippen LogP contribution in [0.15, 0.2) is 11.6 Å². The molecule has 0 aliphatic heterocycles. The fourth-order valence-electron chi connectivity index (χ4n) is 2.97. The number of rotatable bonds is 4. The van der Waals surface area contributed by atoms with Gasteiger partial charge in [0.15, 0.2) is 0 Å². The molecule has 118 valence electrons. The number of esters is 1. The molecule has 0 bridgehead atoms. The van der Waals surface area contributed by atoms with Crippen molar-refractivity contribution in [3.8, 4) is 0 Å². The van der Waals surface area contributed by atoms with E-state index in [0.29, 0.717) is 6.54 Å². The van der Waals surface area contributed by atoms with E-state index in [9.17, 15) is 9.59 Å². The molecule has 0 aromatic rings. The Morgan fingerprint density at radius 1 is 1.24 bits per heavy atom. The zero-order chi connectivity index (χ0) is 15.1. The smallest absolute Gasteiger partial charge is 0.333 e. The van der Waals surface area contributed by atoms with Gasteiger partial charge in [-0.25, -0.2) is 9.59 Å². The second-order valence-corrected chi connectivity index (χ2v) is 5.86. The number of allylic oxidation sites excluding steroid dienone is 1. The van der Waals surface area contributed by atoms with E-state index in [2.05, 4.69) is 10.6 Å². The summed E-state index contributed by atoms with van der Waals surface area (Å²) < 4.78 is 5.60. The normalized spacial score (nSPS) is 25.7. The molecule has 0 atom stereocenters. The SMILES string of the molecule is CCNC(=O)NC1CCC(OC(=O)C2=CCCCC2)CC1. The van der Waals surface area contributed by atoms with Crippen molar-refractivity contribution in [2.75, 3.05) is 6.54 Å². The molecule has 0 aromatic carbocycles. The molecule has 1 saturated carbocycles. The number of nitrogens with one attached hydrogen (secondary N) is 2. The summed E-state index contributed by atoms with van der Waals surface area (Å²) in [6, 6.07) is 0.0886. The fraction of sp³-hybridized carbons (Fsp3) is 0.750. The van der Waals surface area contributed by atoms with Crippen LogP contribution in [0.1, 0.15) is 58.3 Å². The average molecular weight is 294 g/mol. The summed E-state index contributed by atoms with van der Waals surface area (Å²) in [4.78, 5) is 23.5. The molecule has 0 aromatic heterocycles. The predicted molar refractivity (Wildman–Crippen MR) is 80.9 cm³/mol. The highest BCUT2D eigenvalue weighted by Crippen LogP contribution is 2.24. The number of carbonyl (C=O) groups is 2. The number of carbonyl (C=O) groups excluding carboxylic acids is 2. The third-order valence-electron chi connectivity index (χ3n) is 4.17. The minimum atomic E-state index is -0.130. The topological polar surface area (TPSA) is 67.4 Å². The van der Waals surface area contributed by atoms with Crippen LogP contribution in [0.3, 0.4) is 0 Å². The van der Waals surface area contributed by atoms with Crippen LogP contribution in [-0.4, -0.2) is 30.7 Å². The second kappa shape index (κ2) is 8.05. The first-order valence-corrected chi connectivity index (χ1v) is 8.13. The lowest BCUT2D eigenvalue weighted by Crippen LogP contribution is -2.44. The Hall–Kier alpha value is -1.52. The van der Waals surface area contributed by atoms with Crippen LogP contribution in [0.5, 0.6) is 0 Å². The van der Waals surface area contributed by atoms with Crippen LogP contribution in [-0.2, 0) is 9.53 Å². The van der Waals surface area contributed by atoms with E-state index in [0.717, 1.165) is 50.5 Å². The zero-order valence-electron chi connectivity index (χ0n) is 12.8. The van der Waals surface area contributed by atoms with Crippen LogP contribution >= 0.6 is 0 Å². The molecule has 1 fully saturated rings. The predicted octanol–water partition coefficient (Wildman–Crippen LogP) is 2.66.